The fourth-order valence-corrected chi connectivity index (χ4v) is 3.98. The van der Waals surface area contributed by atoms with Gasteiger partial charge in [-0.25, -0.2) is 4.98 Å². The minimum Gasteiger partial charge on any atom is -0.497 e. The van der Waals surface area contributed by atoms with Crippen molar-refractivity contribution in [2.75, 3.05) is 38.8 Å². The fraction of sp³-hybridized carbons (Fsp3) is 0.391. The van der Waals surface area contributed by atoms with Crippen LogP contribution in [0.5, 0.6) is 11.5 Å². The Morgan fingerprint density at radius 1 is 1.17 bits per heavy atom. The van der Waals surface area contributed by atoms with Gasteiger partial charge in [-0.3, -0.25) is 4.79 Å². The summed E-state index contributed by atoms with van der Waals surface area (Å²) in [7, 11) is 3.30. The number of methoxy groups -OCH3 is 2. The summed E-state index contributed by atoms with van der Waals surface area (Å²) in [5, 5.41) is 3.09. The lowest BCUT2D eigenvalue weighted by Crippen LogP contribution is -2.41. The first-order chi connectivity index (χ1) is 14.7. The normalized spacial score (nSPS) is 14.7. The van der Waals surface area contributed by atoms with Gasteiger partial charge in [0.1, 0.15) is 11.5 Å². The maximum absolute atomic E-state index is 12.6. The van der Waals surface area contributed by atoms with Gasteiger partial charge in [-0.1, -0.05) is 12.1 Å². The first kappa shape index (κ1) is 20.1. The summed E-state index contributed by atoms with van der Waals surface area (Å²) in [6.45, 7) is 2.22. The molecule has 0 bridgehead atoms. The van der Waals surface area contributed by atoms with Crippen LogP contribution in [0.25, 0.3) is 11.0 Å². The fourth-order valence-electron chi connectivity index (χ4n) is 3.98. The third-order valence-electron chi connectivity index (χ3n) is 5.72. The van der Waals surface area contributed by atoms with Gasteiger partial charge >= 0.3 is 0 Å². The third-order valence-corrected chi connectivity index (χ3v) is 5.72. The molecular weight excluding hydrogens is 380 g/mol. The first-order valence-corrected chi connectivity index (χ1v) is 10.4. The van der Waals surface area contributed by atoms with Crippen molar-refractivity contribution < 1.29 is 14.3 Å². The van der Waals surface area contributed by atoms with Crippen LogP contribution in [0.3, 0.4) is 0 Å². The molecule has 0 atom stereocenters. The molecule has 2 aromatic carbocycles. The van der Waals surface area contributed by atoms with E-state index in [1.807, 2.05) is 42.5 Å². The number of aromatic nitrogens is 2. The number of H-pyrrole nitrogens is 1. The SMILES string of the molecule is COc1ccc(OC)c(CCNC(=O)C2CCN(c3nc4ccccc4[nH]3)CC2)c1. The molecule has 1 aromatic heterocycles. The summed E-state index contributed by atoms with van der Waals surface area (Å²) in [4.78, 5) is 22.9. The van der Waals surface area contributed by atoms with E-state index < -0.39 is 0 Å². The van der Waals surface area contributed by atoms with Crippen LogP contribution >= 0.6 is 0 Å². The average Bonchev–Trinajstić information content (AvgIpc) is 3.23. The highest BCUT2D eigenvalue weighted by molar-refractivity contribution is 5.79. The molecule has 1 saturated heterocycles. The lowest BCUT2D eigenvalue weighted by atomic mass is 9.96. The summed E-state index contributed by atoms with van der Waals surface area (Å²) in [6.07, 6.45) is 2.35. The predicted octanol–water partition coefficient (Wildman–Crippen LogP) is 3.16. The number of carbonyl (C=O) groups is 1. The van der Waals surface area contributed by atoms with E-state index in [1.165, 1.54) is 0 Å². The second kappa shape index (κ2) is 9.07. The number of piperidine rings is 1. The zero-order valence-corrected chi connectivity index (χ0v) is 17.5. The van der Waals surface area contributed by atoms with Gasteiger partial charge in [-0.2, -0.15) is 0 Å². The highest BCUT2D eigenvalue weighted by Gasteiger charge is 2.26. The minimum absolute atomic E-state index is 0.0397. The lowest BCUT2D eigenvalue weighted by Gasteiger charge is -2.31. The Morgan fingerprint density at radius 2 is 1.97 bits per heavy atom. The molecule has 0 saturated carbocycles. The highest BCUT2D eigenvalue weighted by Crippen LogP contribution is 2.25. The van der Waals surface area contributed by atoms with E-state index in [1.54, 1.807) is 14.2 Å². The number of amides is 1. The molecule has 2 heterocycles. The van der Waals surface area contributed by atoms with Crippen LogP contribution in [0.2, 0.25) is 0 Å². The number of para-hydroxylation sites is 2. The second-order valence-electron chi connectivity index (χ2n) is 7.56. The van der Waals surface area contributed by atoms with Crippen molar-refractivity contribution >= 4 is 22.9 Å². The largest absolute Gasteiger partial charge is 0.497 e. The average molecular weight is 409 g/mol. The van der Waals surface area contributed by atoms with Crippen LogP contribution in [0.1, 0.15) is 18.4 Å². The number of fused-ring (bicyclic) bond motifs is 1. The molecule has 7 nitrogen and oxygen atoms in total. The van der Waals surface area contributed by atoms with E-state index in [2.05, 4.69) is 20.2 Å². The van der Waals surface area contributed by atoms with Crippen LogP contribution in [0.4, 0.5) is 5.95 Å². The van der Waals surface area contributed by atoms with Crippen molar-refractivity contribution in [3.8, 4) is 11.5 Å². The van der Waals surface area contributed by atoms with Crippen LogP contribution < -0.4 is 19.7 Å². The number of rotatable bonds is 7. The number of carbonyl (C=O) groups excluding carboxylic acids is 1. The Morgan fingerprint density at radius 3 is 2.70 bits per heavy atom. The van der Waals surface area contributed by atoms with Crippen LogP contribution in [-0.4, -0.2) is 49.7 Å². The van der Waals surface area contributed by atoms with Gasteiger partial charge in [0.15, 0.2) is 0 Å². The van der Waals surface area contributed by atoms with Crippen molar-refractivity contribution in [3.05, 3.63) is 48.0 Å². The molecule has 7 heteroatoms. The molecule has 3 aromatic rings. The Kier molecular flexibility index (Phi) is 6.07. The highest BCUT2D eigenvalue weighted by atomic mass is 16.5. The van der Waals surface area contributed by atoms with Crippen LogP contribution in [0, 0.1) is 5.92 Å². The molecule has 0 aliphatic carbocycles. The van der Waals surface area contributed by atoms with Gasteiger partial charge in [0.2, 0.25) is 11.9 Å². The van der Waals surface area contributed by atoms with Gasteiger partial charge in [0.05, 0.1) is 25.3 Å². The number of hydrogen-bond acceptors (Lipinski definition) is 5. The number of anilines is 1. The monoisotopic (exact) mass is 408 g/mol. The Hall–Kier alpha value is -3.22. The topological polar surface area (TPSA) is 79.5 Å². The number of nitrogens with zero attached hydrogens (tertiary/aromatic N) is 2. The number of imidazole rings is 1. The number of benzene rings is 2. The standard InChI is InChI=1S/C23H28N4O3/c1-29-18-7-8-21(30-2)17(15-18)9-12-24-22(28)16-10-13-27(14-11-16)23-25-19-5-3-4-6-20(19)26-23/h3-8,15-16H,9-14H2,1-2H3,(H,24,28)(H,25,26). The quantitative estimate of drug-likeness (QED) is 0.628. The molecule has 0 spiro atoms. The summed E-state index contributed by atoms with van der Waals surface area (Å²) in [5.41, 5.74) is 3.04. The Bertz CT molecular complexity index is 976. The molecule has 1 aliphatic rings. The molecule has 1 fully saturated rings. The van der Waals surface area contributed by atoms with Crippen molar-refractivity contribution in [1.82, 2.24) is 15.3 Å². The molecule has 1 aliphatic heterocycles. The summed E-state index contributed by atoms with van der Waals surface area (Å²) in [5.74, 6) is 2.65. The van der Waals surface area contributed by atoms with E-state index in [9.17, 15) is 4.79 Å². The van der Waals surface area contributed by atoms with Gasteiger partial charge in [-0.05, 0) is 55.2 Å². The van der Waals surface area contributed by atoms with Crippen molar-refractivity contribution in [3.63, 3.8) is 0 Å². The molecule has 1 amide bonds. The van der Waals surface area contributed by atoms with Crippen LogP contribution in [0.15, 0.2) is 42.5 Å². The van der Waals surface area contributed by atoms with Crippen molar-refractivity contribution in [1.29, 1.82) is 0 Å². The zero-order valence-electron chi connectivity index (χ0n) is 17.5. The van der Waals surface area contributed by atoms with Gasteiger partial charge in [0.25, 0.3) is 0 Å². The lowest BCUT2D eigenvalue weighted by molar-refractivity contribution is -0.125. The smallest absolute Gasteiger partial charge is 0.223 e. The molecule has 2 N–H and O–H groups in total. The number of ether oxygens (including phenoxy) is 2. The number of hydrogen-bond donors (Lipinski definition) is 2. The van der Waals surface area contributed by atoms with E-state index in [4.69, 9.17) is 9.47 Å². The predicted molar refractivity (Wildman–Crippen MR) is 117 cm³/mol. The van der Waals surface area contributed by atoms with Gasteiger partial charge in [0, 0.05) is 25.6 Å². The maximum atomic E-state index is 12.6. The summed E-state index contributed by atoms with van der Waals surface area (Å²) < 4.78 is 10.7. The molecule has 0 unspecified atom stereocenters. The molecule has 0 radical (unpaired) electrons. The molecule has 158 valence electrons. The summed E-state index contributed by atoms with van der Waals surface area (Å²) >= 11 is 0. The van der Waals surface area contributed by atoms with E-state index in [0.29, 0.717) is 13.0 Å². The maximum Gasteiger partial charge on any atom is 0.223 e. The van der Waals surface area contributed by atoms with Crippen molar-refractivity contribution in [2.24, 2.45) is 5.92 Å². The zero-order chi connectivity index (χ0) is 20.9. The first-order valence-electron chi connectivity index (χ1n) is 10.4. The third kappa shape index (κ3) is 4.35. The Labute approximate surface area is 176 Å². The van der Waals surface area contributed by atoms with E-state index >= 15 is 0 Å². The number of nitrogens with one attached hydrogen (secondary N) is 2. The summed E-state index contributed by atoms with van der Waals surface area (Å²) in [6, 6.07) is 13.8. The number of aromatic amines is 1. The molecule has 30 heavy (non-hydrogen) atoms. The molecular formula is C23H28N4O3. The Balaban J connectivity index is 1.27. The molecule has 4 rings (SSSR count). The van der Waals surface area contributed by atoms with Crippen molar-refractivity contribution in [2.45, 2.75) is 19.3 Å². The van der Waals surface area contributed by atoms with E-state index in [-0.39, 0.29) is 11.8 Å². The van der Waals surface area contributed by atoms with Gasteiger partial charge in [-0.15, -0.1) is 0 Å². The van der Waals surface area contributed by atoms with Crippen LogP contribution in [-0.2, 0) is 11.2 Å². The second-order valence-corrected chi connectivity index (χ2v) is 7.56. The minimum atomic E-state index is 0.0397. The van der Waals surface area contributed by atoms with Gasteiger partial charge < -0.3 is 24.7 Å². The van der Waals surface area contributed by atoms with E-state index in [0.717, 1.165) is 60.0 Å².